The zero-order valence-electron chi connectivity index (χ0n) is 22.5. The van der Waals surface area contributed by atoms with Crippen LogP contribution in [0, 0.1) is 5.41 Å². The number of amides is 1. The van der Waals surface area contributed by atoms with E-state index in [9.17, 15) is 4.79 Å². The van der Waals surface area contributed by atoms with E-state index >= 15 is 0 Å². The normalized spacial score (nSPS) is 18.9. The lowest BCUT2D eigenvalue weighted by molar-refractivity contribution is -0.127. The van der Waals surface area contributed by atoms with Crippen molar-refractivity contribution in [2.75, 3.05) is 43.1 Å². The van der Waals surface area contributed by atoms with Crippen LogP contribution in [-0.2, 0) is 9.53 Å². The molecule has 0 saturated carbocycles. The molecule has 4 aromatic rings. The second-order valence-corrected chi connectivity index (χ2v) is 11.6. The summed E-state index contributed by atoms with van der Waals surface area (Å²) >= 11 is 13.0. The first-order valence-electron chi connectivity index (χ1n) is 13.4. The first kappa shape index (κ1) is 26.8. The van der Waals surface area contributed by atoms with Gasteiger partial charge in [0.1, 0.15) is 5.82 Å². The molecule has 11 heteroatoms. The third-order valence-electron chi connectivity index (χ3n) is 8.20. The van der Waals surface area contributed by atoms with E-state index in [2.05, 4.69) is 9.80 Å². The standard InChI is InChI=1S/C29H31Cl2N7O2/c1-29(27(32)39)12-15-36(16-13-29)25-23-26(35-28(34-25)37-14-11-20(17-37)40-2)38(19-9-7-18(30)8-10-19)24(33-23)21-5-3-4-6-22(21)31/h3-10,20H,11-17H2,1-2H3,(H2,32,39)/t20-/m1/s1. The molecule has 9 nitrogen and oxygen atoms in total. The first-order chi connectivity index (χ1) is 19.3. The van der Waals surface area contributed by atoms with Crippen LogP contribution in [0.5, 0.6) is 0 Å². The number of imidazole rings is 1. The predicted molar refractivity (Wildman–Crippen MR) is 158 cm³/mol. The third kappa shape index (κ3) is 4.76. The Morgan fingerprint density at radius 2 is 1.73 bits per heavy atom. The lowest BCUT2D eigenvalue weighted by Gasteiger charge is -2.38. The SMILES string of the molecule is CO[C@@H]1CCN(c2nc(N3CCC(C)(C(N)=O)CC3)c3nc(-c4ccccc4Cl)n(-c4ccc(Cl)cc4)c3n2)C1. The number of rotatable bonds is 6. The molecule has 0 aliphatic carbocycles. The van der Waals surface area contributed by atoms with Gasteiger partial charge in [0.25, 0.3) is 0 Å². The maximum Gasteiger partial charge on any atom is 0.229 e. The Hall–Kier alpha value is -3.40. The van der Waals surface area contributed by atoms with Crippen LogP contribution in [0.15, 0.2) is 48.5 Å². The number of halogens is 2. The van der Waals surface area contributed by atoms with Crippen LogP contribution in [0.25, 0.3) is 28.2 Å². The van der Waals surface area contributed by atoms with Crippen molar-refractivity contribution < 1.29 is 9.53 Å². The number of hydrogen-bond donors (Lipinski definition) is 1. The third-order valence-corrected chi connectivity index (χ3v) is 8.78. The number of ether oxygens (including phenoxy) is 1. The fourth-order valence-corrected chi connectivity index (χ4v) is 5.86. The topological polar surface area (TPSA) is 102 Å². The Balaban J connectivity index is 1.57. The second kappa shape index (κ2) is 10.5. The molecule has 2 saturated heterocycles. The Labute approximate surface area is 242 Å². The van der Waals surface area contributed by atoms with Gasteiger partial charge in [-0.05, 0) is 55.7 Å². The number of piperidine rings is 1. The van der Waals surface area contributed by atoms with Gasteiger partial charge in [-0.3, -0.25) is 9.36 Å². The molecule has 2 aliphatic heterocycles. The molecule has 0 unspecified atom stereocenters. The number of aromatic nitrogens is 4. The number of carbonyl (C=O) groups excluding carboxylic acids is 1. The molecule has 0 bridgehead atoms. The average Bonchev–Trinajstić information content (AvgIpc) is 3.59. The molecule has 2 aliphatic rings. The average molecular weight is 581 g/mol. The summed E-state index contributed by atoms with van der Waals surface area (Å²) < 4.78 is 7.64. The molecule has 1 atom stereocenters. The van der Waals surface area contributed by atoms with Gasteiger partial charge in [-0.2, -0.15) is 9.97 Å². The highest BCUT2D eigenvalue weighted by Gasteiger charge is 2.37. The molecule has 2 aromatic heterocycles. The molecule has 208 valence electrons. The van der Waals surface area contributed by atoms with Gasteiger partial charge in [0.15, 0.2) is 17.0 Å². The highest BCUT2D eigenvalue weighted by atomic mass is 35.5. The molecule has 0 radical (unpaired) electrons. The Morgan fingerprint density at radius 3 is 2.38 bits per heavy atom. The quantitative estimate of drug-likeness (QED) is 0.338. The number of fused-ring (bicyclic) bond motifs is 1. The lowest BCUT2D eigenvalue weighted by atomic mass is 9.80. The van der Waals surface area contributed by atoms with E-state index in [1.165, 1.54) is 0 Å². The van der Waals surface area contributed by atoms with Gasteiger partial charge in [0, 0.05) is 55.0 Å². The smallest absolute Gasteiger partial charge is 0.229 e. The molecule has 4 heterocycles. The van der Waals surface area contributed by atoms with Gasteiger partial charge in [0.05, 0.1) is 11.1 Å². The van der Waals surface area contributed by atoms with E-state index in [-0.39, 0.29) is 12.0 Å². The van der Waals surface area contributed by atoms with Gasteiger partial charge in [-0.25, -0.2) is 4.98 Å². The summed E-state index contributed by atoms with van der Waals surface area (Å²) in [5, 5.41) is 1.22. The number of nitrogens with two attached hydrogens (primary N) is 1. The minimum absolute atomic E-state index is 0.119. The second-order valence-electron chi connectivity index (χ2n) is 10.8. The number of carbonyl (C=O) groups is 1. The summed E-state index contributed by atoms with van der Waals surface area (Å²) in [4.78, 5) is 31.8. The van der Waals surface area contributed by atoms with Gasteiger partial charge < -0.3 is 20.3 Å². The van der Waals surface area contributed by atoms with Crippen LogP contribution in [0.4, 0.5) is 11.8 Å². The van der Waals surface area contributed by atoms with Crippen LogP contribution in [0.2, 0.25) is 10.0 Å². The monoisotopic (exact) mass is 579 g/mol. The fourth-order valence-electron chi connectivity index (χ4n) is 5.51. The van der Waals surface area contributed by atoms with Crippen molar-refractivity contribution in [3.05, 3.63) is 58.6 Å². The van der Waals surface area contributed by atoms with Crippen LogP contribution >= 0.6 is 23.2 Å². The van der Waals surface area contributed by atoms with Crippen molar-refractivity contribution in [1.29, 1.82) is 0 Å². The minimum atomic E-state index is -0.544. The minimum Gasteiger partial charge on any atom is -0.380 e. The van der Waals surface area contributed by atoms with Crippen molar-refractivity contribution in [1.82, 2.24) is 19.5 Å². The molecule has 2 N–H and O–H groups in total. The Bertz CT molecular complexity index is 1560. The van der Waals surface area contributed by atoms with Gasteiger partial charge >= 0.3 is 0 Å². The maximum atomic E-state index is 12.2. The number of benzene rings is 2. The van der Waals surface area contributed by atoms with E-state index < -0.39 is 5.41 Å². The Kier molecular flexibility index (Phi) is 7.06. The van der Waals surface area contributed by atoms with Gasteiger partial charge in [0.2, 0.25) is 11.9 Å². The number of anilines is 2. The summed E-state index contributed by atoms with van der Waals surface area (Å²) in [5.41, 5.74) is 8.17. The van der Waals surface area contributed by atoms with Gasteiger partial charge in [-0.1, -0.05) is 42.3 Å². The van der Waals surface area contributed by atoms with E-state index in [4.69, 9.17) is 48.6 Å². The molecule has 40 heavy (non-hydrogen) atoms. The Morgan fingerprint density at radius 1 is 1.00 bits per heavy atom. The zero-order valence-corrected chi connectivity index (χ0v) is 24.0. The zero-order chi connectivity index (χ0) is 28.0. The van der Waals surface area contributed by atoms with Crippen LogP contribution in [0.3, 0.4) is 0 Å². The maximum absolute atomic E-state index is 12.2. The highest BCUT2D eigenvalue weighted by molar-refractivity contribution is 6.33. The summed E-state index contributed by atoms with van der Waals surface area (Å²) in [7, 11) is 1.73. The van der Waals surface area contributed by atoms with Crippen molar-refractivity contribution >= 4 is 52.0 Å². The van der Waals surface area contributed by atoms with Gasteiger partial charge in [-0.15, -0.1) is 0 Å². The van der Waals surface area contributed by atoms with E-state index in [1.807, 2.05) is 60.0 Å². The summed E-state index contributed by atoms with van der Waals surface area (Å²) in [6.07, 6.45) is 2.28. The van der Waals surface area contributed by atoms with E-state index in [0.29, 0.717) is 65.5 Å². The number of hydrogen-bond acceptors (Lipinski definition) is 7. The molecule has 2 fully saturated rings. The van der Waals surface area contributed by atoms with Crippen molar-refractivity contribution in [3.8, 4) is 17.1 Å². The lowest BCUT2D eigenvalue weighted by Crippen LogP contribution is -2.45. The molecule has 1 amide bonds. The van der Waals surface area contributed by atoms with E-state index in [1.54, 1.807) is 7.11 Å². The molecule has 6 rings (SSSR count). The van der Waals surface area contributed by atoms with Crippen molar-refractivity contribution in [2.45, 2.75) is 32.3 Å². The van der Waals surface area contributed by atoms with E-state index in [0.717, 1.165) is 30.0 Å². The first-order valence-corrected chi connectivity index (χ1v) is 14.2. The predicted octanol–water partition coefficient (Wildman–Crippen LogP) is 5.11. The summed E-state index contributed by atoms with van der Waals surface area (Å²) in [6, 6.07) is 15.2. The molecule has 0 spiro atoms. The molecular formula is C29H31Cl2N7O2. The molecule has 2 aromatic carbocycles. The van der Waals surface area contributed by atoms with Crippen LogP contribution in [-0.4, -0.2) is 64.8 Å². The fraction of sp³-hybridized carbons (Fsp3) is 0.379. The number of primary amides is 1. The largest absolute Gasteiger partial charge is 0.380 e. The van der Waals surface area contributed by atoms with Crippen LogP contribution < -0.4 is 15.5 Å². The summed E-state index contributed by atoms with van der Waals surface area (Å²) in [6.45, 7) is 4.68. The molecular weight excluding hydrogens is 549 g/mol. The summed E-state index contributed by atoms with van der Waals surface area (Å²) in [5.74, 6) is 1.74. The number of nitrogens with zero attached hydrogens (tertiary/aromatic N) is 6. The van der Waals surface area contributed by atoms with Crippen molar-refractivity contribution in [2.24, 2.45) is 11.1 Å². The van der Waals surface area contributed by atoms with Crippen molar-refractivity contribution in [3.63, 3.8) is 0 Å². The number of methoxy groups -OCH3 is 1. The highest BCUT2D eigenvalue weighted by Crippen LogP contribution is 2.39. The van der Waals surface area contributed by atoms with Crippen LogP contribution in [0.1, 0.15) is 26.2 Å².